The van der Waals surface area contributed by atoms with Crippen molar-refractivity contribution in [3.8, 4) is 5.75 Å². The molecule has 1 aromatic carbocycles. The second-order valence-corrected chi connectivity index (χ2v) is 6.22. The lowest BCUT2D eigenvalue weighted by Crippen LogP contribution is -2.33. The summed E-state index contributed by atoms with van der Waals surface area (Å²) in [5.41, 5.74) is 1.39. The molecule has 3 nitrogen and oxygen atoms in total. The first-order valence-corrected chi connectivity index (χ1v) is 7.46. The molecule has 3 heteroatoms. The predicted molar refractivity (Wildman–Crippen MR) is 75.2 cm³/mol. The van der Waals surface area contributed by atoms with Crippen LogP contribution in [0.25, 0.3) is 0 Å². The number of methoxy groups -OCH3 is 1. The topological polar surface area (TPSA) is 24.5 Å². The molecule has 1 aromatic rings. The molecule has 3 aliphatic rings. The third-order valence-electron chi connectivity index (χ3n) is 5.41. The SMILES string of the molecule is COc1cccc(CN2C3CCC2C2CNCC23)c1. The van der Waals surface area contributed by atoms with E-state index in [9.17, 15) is 0 Å². The van der Waals surface area contributed by atoms with Crippen LogP contribution in [0.5, 0.6) is 5.75 Å². The van der Waals surface area contributed by atoms with E-state index in [0.29, 0.717) is 0 Å². The maximum atomic E-state index is 5.33. The van der Waals surface area contributed by atoms with Crippen molar-refractivity contribution in [1.29, 1.82) is 0 Å². The Labute approximate surface area is 114 Å². The van der Waals surface area contributed by atoms with Crippen LogP contribution in [0.1, 0.15) is 18.4 Å². The largest absolute Gasteiger partial charge is 0.497 e. The van der Waals surface area contributed by atoms with E-state index in [2.05, 4.69) is 28.4 Å². The highest BCUT2D eigenvalue weighted by atomic mass is 16.5. The van der Waals surface area contributed by atoms with Crippen molar-refractivity contribution >= 4 is 0 Å². The highest BCUT2D eigenvalue weighted by molar-refractivity contribution is 5.29. The first-order valence-electron chi connectivity index (χ1n) is 7.46. The van der Waals surface area contributed by atoms with Gasteiger partial charge >= 0.3 is 0 Å². The Morgan fingerprint density at radius 2 is 1.95 bits per heavy atom. The Kier molecular flexibility index (Phi) is 2.78. The van der Waals surface area contributed by atoms with Gasteiger partial charge < -0.3 is 10.1 Å². The summed E-state index contributed by atoms with van der Waals surface area (Å²) < 4.78 is 5.33. The van der Waals surface area contributed by atoms with E-state index in [1.165, 1.54) is 31.5 Å². The fourth-order valence-corrected chi connectivity index (χ4v) is 4.62. The molecule has 3 fully saturated rings. The van der Waals surface area contributed by atoms with Crippen molar-refractivity contribution in [3.05, 3.63) is 29.8 Å². The van der Waals surface area contributed by atoms with E-state index in [1.54, 1.807) is 7.11 Å². The highest BCUT2D eigenvalue weighted by Gasteiger charge is 2.54. The number of hydrogen-bond acceptors (Lipinski definition) is 3. The summed E-state index contributed by atoms with van der Waals surface area (Å²) in [6, 6.07) is 10.2. The van der Waals surface area contributed by atoms with Crippen LogP contribution in [0.15, 0.2) is 24.3 Å². The fraction of sp³-hybridized carbons (Fsp3) is 0.625. The van der Waals surface area contributed by atoms with Crippen LogP contribution in [0.2, 0.25) is 0 Å². The molecular weight excluding hydrogens is 236 g/mol. The second-order valence-electron chi connectivity index (χ2n) is 6.22. The molecule has 3 aliphatic heterocycles. The molecule has 0 saturated carbocycles. The maximum absolute atomic E-state index is 5.33. The van der Waals surface area contributed by atoms with Crippen LogP contribution in [0.4, 0.5) is 0 Å². The molecule has 4 atom stereocenters. The van der Waals surface area contributed by atoms with E-state index >= 15 is 0 Å². The van der Waals surface area contributed by atoms with Gasteiger partial charge in [0.25, 0.3) is 0 Å². The van der Waals surface area contributed by atoms with E-state index in [0.717, 1.165) is 36.2 Å². The number of nitrogens with one attached hydrogen (secondary N) is 1. The van der Waals surface area contributed by atoms with Gasteiger partial charge in [0.05, 0.1) is 7.11 Å². The van der Waals surface area contributed by atoms with Crippen molar-refractivity contribution in [2.45, 2.75) is 31.5 Å². The average molecular weight is 258 g/mol. The Morgan fingerprint density at radius 1 is 1.21 bits per heavy atom. The van der Waals surface area contributed by atoms with Crippen LogP contribution in [0, 0.1) is 11.8 Å². The minimum absolute atomic E-state index is 0.816. The monoisotopic (exact) mass is 258 g/mol. The van der Waals surface area contributed by atoms with E-state index in [1.807, 2.05) is 6.07 Å². The van der Waals surface area contributed by atoms with Crippen molar-refractivity contribution in [2.75, 3.05) is 20.2 Å². The summed E-state index contributed by atoms with van der Waals surface area (Å²) >= 11 is 0. The van der Waals surface area contributed by atoms with Crippen LogP contribution in [-0.2, 0) is 6.54 Å². The Morgan fingerprint density at radius 3 is 2.63 bits per heavy atom. The molecule has 1 N–H and O–H groups in total. The number of rotatable bonds is 3. The van der Waals surface area contributed by atoms with Gasteiger partial charge in [0.1, 0.15) is 5.75 Å². The molecule has 0 amide bonds. The normalized spacial score (nSPS) is 36.7. The molecular formula is C16H22N2O. The van der Waals surface area contributed by atoms with Crippen molar-refractivity contribution in [3.63, 3.8) is 0 Å². The molecule has 4 unspecified atom stereocenters. The molecule has 0 aliphatic carbocycles. The Hall–Kier alpha value is -1.06. The molecule has 0 aromatic heterocycles. The first kappa shape index (κ1) is 11.7. The van der Waals surface area contributed by atoms with Gasteiger partial charge in [0, 0.05) is 18.6 Å². The van der Waals surface area contributed by atoms with Gasteiger partial charge in [-0.05, 0) is 55.5 Å². The van der Waals surface area contributed by atoms with Gasteiger partial charge in [-0.1, -0.05) is 12.1 Å². The number of nitrogens with zero attached hydrogens (tertiary/aromatic N) is 1. The molecule has 2 bridgehead atoms. The van der Waals surface area contributed by atoms with E-state index < -0.39 is 0 Å². The zero-order chi connectivity index (χ0) is 12.8. The predicted octanol–water partition coefficient (Wildman–Crippen LogP) is 1.88. The van der Waals surface area contributed by atoms with Crippen molar-refractivity contribution < 1.29 is 4.74 Å². The van der Waals surface area contributed by atoms with Crippen LogP contribution in [0.3, 0.4) is 0 Å². The van der Waals surface area contributed by atoms with Crippen molar-refractivity contribution in [2.24, 2.45) is 11.8 Å². The molecule has 19 heavy (non-hydrogen) atoms. The Bertz CT molecular complexity index is 458. The third-order valence-corrected chi connectivity index (χ3v) is 5.41. The first-order chi connectivity index (χ1) is 9.36. The average Bonchev–Trinajstić information content (AvgIpc) is 3.11. The quantitative estimate of drug-likeness (QED) is 0.896. The number of ether oxygens (including phenoxy) is 1. The van der Waals surface area contributed by atoms with Gasteiger partial charge in [-0.3, -0.25) is 4.90 Å². The van der Waals surface area contributed by atoms with Gasteiger partial charge in [-0.2, -0.15) is 0 Å². The van der Waals surface area contributed by atoms with Gasteiger partial charge in [-0.25, -0.2) is 0 Å². The summed E-state index contributed by atoms with van der Waals surface area (Å²) in [6.07, 6.45) is 2.80. The molecule has 3 saturated heterocycles. The van der Waals surface area contributed by atoms with Crippen LogP contribution in [-0.4, -0.2) is 37.2 Å². The number of benzene rings is 1. The van der Waals surface area contributed by atoms with Gasteiger partial charge in [0.15, 0.2) is 0 Å². The second kappa shape index (κ2) is 4.50. The molecule has 4 rings (SSSR count). The van der Waals surface area contributed by atoms with E-state index in [4.69, 9.17) is 4.74 Å². The number of hydrogen-bond donors (Lipinski definition) is 1. The van der Waals surface area contributed by atoms with Crippen LogP contribution < -0.4 is 10.1 Å². The lowest BCUT2D eigenvalue weighted by atomic mass is 9.82. The van der Waals surface area contributed by atoms with Crippen molar-refractivity contribution in [1.82, 2.24) is 10.2 Å². The summed E-state index contributed by atoms with van der Waals surface area (Å²) in [6.45, 7) is 3.57. The lowest BCUT2D eigenvalue weighted by molar-refractivity contribution is 0.218. The standard InChI is InChI=1S/C16H22N2O/c1-19-12-4-2-3-11(7-12)10-18-15-5-6-16(18)14-9-17-8-13(14)15/h2-4,7,13-17H,5-6,8-10H2,1H3. The lowest BCUT2D eigenvalue weighted by Gasteiger charge is -2.24. The minimum atomic E-state index is 0.816. The highest BCUT2D eigenvalue weighted by Crippen LogP contribution is 2.47. The molecule has 3 heterocycles. The molecule has 0 spiro atoms. The van der Waals surface area contributed by atoms with Gasteiger partial charge in [-0.15, -0.1) is 0 Å². The zero-order valence-corrected chi connectivity index (χ0v) is 11.5. The fourth-order valence-electron chi connectivity index (χ4n) is 4.62. The summed E-state index contributed by atoms with van der Waals surface area (Å²) in [5, 5.41) is 3.58. The molecule has 102 valence electrons. The van der Waals surface area contributed by atoms with Gasteiger partial charge in [0.2, 0.25) is 0 Å². The number of fused-ring (bicyclic) bond motifs is 5. The van der Waals surface area contributed by atoms with Crippen LogP contribution >= 0.6 is 0 Å². The minimum Gasteiger partial charge on any atom is -0.497 e. The maximum Gasteiger partial charge on any atom is 0.119 e. The summed E-state index contributed by atoms with van der Waals surface area (Å²) in [5.74, 6) is 2.79. The smallest absolute Gasteiger partial charge is 0.119 e. The zero-order valence-electron chi connectivity index (χ0n) is 11.5. The Balaban J connectivity index is 1.54. The van der Waals surface area contributed by atoms with E-state index in [-0.39, 0.29) is 0 Å². The third kappa shape index (κ3) is 1.79. The summed E-state index contributed by atoms with van der Waals surface area (Å²) in [4.78, 5) is 2.77. The molecule has 0 radical (unpaired) electrons. The summed E-state index contributed by atoms with van der Waals surface area (Å²) in [7, 11) is 1.74.